The summed E-state index contributed by atoms with van der Waals surface area (Å²) in [7, 11) is 2.16. The Morgan fingerprint density at radius 1 is 1.29 bits per heavy atom. The largest absolute Gasteiger partial charge is 0.371 e. The van der Waals surface area contributed by atoms with Crippen molar-refractivity contribution in [2.75, 3.05) is 20.2 Å². The molecule has 1 fully saturated rings. The minimum atomic E-state index is 0.231. The van der Waals surface area contributed by atoms with E-state index in [2.05, 4.69) is 43.1 Å². The van der Waals surface area contributed by atoms with Crippen molar-refractivity contribution in [2.24, 2.45) is 0 Å². The summed E-state index contributed by atoms with van der Waals surface area (Å²) in [4.78, 5) is 2.35. The Bertz CT molecular complexity index is 286. The van der Waals surface area contributed by atoms with Gasteiger partial charge in [-0.05, 0) is 19.5 Å². The van der Waals surface area contributed by atoms with Crippen LogP contribution >= 0.6 is 0 Å². The molecule has 1 saturated heterocycles. The van der Waals surface area contributed by atoms with Crippen LogP contribution in [0.1, 0.15) is 18.6 Å². The molecule has 2 rings (SSSR count). The van der Waals surface area contributed by atoms with Crippen LogP contribution in [0.5, 0.6) is 0 Å². The van der Waals surface area contributed by atoms with Gasteiger partial charge in [-0.1, -0.05) is 30.3 Å². The van der Waals surface area contributed by atoms with E-state index in [1.807, 2.05) is 6.07 Å². The van der Waals surface area contributed by atoms with Gasteiger partial charge in [-0.15, -0.1) is 0 Å². The highest BCUT2D eigenvalue weighted by Gasteiger charge is 2.27. The number of ether oxygens (including phenoxy) is 1. The summed E-state index contributed by atoms with van der Waals surface area (Å²) in [5.74, 6) is 0. The molecule has 0 radical (unpaired) electrons. The highest BCUT2D eigenvalue weighted by Crippen LogP contribution is 2.26. The molecule has 0 aromatic heterocycles. The first-order chi connectivity index (χ1) is 6.79. The predicted octanol–water partition coefficient (Wildman–Crippen LogP) is 2.08. The van der Waals surface area contributed by atoms with Crippen molar-refractivity contribution in [3.8, 4) is 0 Å². The minimum absolute atomic E-state index is 0.231. The fourth-order valence-corrected chi connectivity index (χ4v) is 1.92. The van der Waals surface area contributed by atoms with Gasteiger partial charge in [-0.2, -0.15) is 0 Å². The zero-order valence-corrected chi connectivity index (χ0v) is 8.81. The summed E-state index contributed by atoms with van der Waals surface area (Å²) in [5.41, 5.74) is 1.28. The van der Waals surface area contributed by atoms with Gasteiger partial charge in [0.25, 0.3) is 0 Å². The summed E-state index contributed by atoms with van der Waals surface area (Å²) >= 11 is 0. The van der Waals surface area contributed by atoms with Crippen LogP contribution in [-0.2, 0) is 4.74 Å². The number of hydrogen-bond donors (Lipinski definition) is 0. The summed E-state index contributed by atoms with van der Waals surface area (Å²) in [6.45, 7) is 4.09. The number of morpholine rings is 1. The van der Waals surface area contributed by atoms with E-state index in [0.29, 0.717) is 6.04 Å². The maximum Gasteiger partial charge on any atom is 0.0977 e. The second kappa shape index (κ2) is 4.11. The van der Waals surface area contributed by atoms with E-state index in [4.69, 9.17) is 4.74 Å². The predicted molar refractivity (Wildman–Crippen MR) is 57.2 cm³/mol. The first-order valence-electron chi connectivity index (χ1n) is 5.16. The Labute approximate surface area is 85.5 Å². The monoisotopic (exact) mass is 191 g/mol. The van der Waals surface area contributed by atoms with Crippen LogP contribution in [0.4, 0.5) is 0 Å². The lowest BCUT2D eigenvalue weighted by Crippen LogP contribution is -2.42. The molecule has 1 heterocycles. The van der Waals surface area contributed by atoms with Crippen molar-refractivity contribution < 1.29 is 4.74 Å². The molecule has 2 nitrogen and oxygen atoms in total. The van der Waals surface area contributed by atoms with E-state index in [9.17, 15) is 0 Å². The first kappa shape index (κ1) is 9.69. The van der Waals surface area contributed by atoms with E-state index < -0.39 is 0 Å². The molecular formula is C12H17NO. The molecule has 0 saturated carbocycles. The number of rotatable bonds is 1. The van der Waals surface area contributed by atoms with Crippen molar-refractivity contribution >= 4 is 0 Å². The van der Waals surface area contributed by atoms with E-state index >= 15 is 0 Å². The molecule has 76 valence electrons. The minimum Gasteiger partial charge on any atom is -0.371 e. The third-order valence-corrected chi connectivity index (χ3v) is 3.00. The van der Waals surface area contributed by atoms with E-state index in [-0.39, 0.29) is 6.10 Å². The molecule has 1 aliphatic heterocycles. The molecular weight excluding hydrogens is 174 g/mol. The maximum atomic E-state index is 5.80. The van der Waals surface area contributed by atoms with Crippen molar-refractivity contribution in [1.82, 2.24) is 4.90 Å². The molecule has 1 aromatic rings. The highest BCUT2D eigenvalue weighted by molar-refractivity contribution is 5.19. The molecule has 0 N–H and O–H groups in total. The number of hydrogen-bond acceptors (Lipinski definition) is 2. The molecule has 0 bridgehead atoms. The van der Waals surface area contributed by atoms with Gasteiger partial charge < -0.3 is 4.74 Å². The fourth-order valence-electron chi connectivity index (χ4n) is 1.92. The van der Waals surface area contributed by atoms with Gasteiger partial charge in [0.2, 0.25) is 0 Å². The topological polar surface area (TPSA) is 12.5 Å². The van der Waals surface area contributed by atoms with Gasteiger partial charge in [0.05, 0.1) is 12.7 Å². The van der Waals surface area contributed by atoms with Crippen LogP contribution in [0.15, 0.2) is 30.3 Å². The summed E-state index contributed by atoms with van der Waals surface area (Å²) < 4.78 is 5.80. The molecule has 0 aliphatic carbocycles. The van der Waals surface area contributed by atoms with Crippen LogP contribution in [0.2, 0.25) is 0 Å². The lowest BCUT2D eigenvalue weighted by molar-refractivity contribution is -0.0571. The third-order valence-electron chi connectivity index (χ3n) is 3.00. The molecule has 2 heteroatoms. The Balaban J connectivity index is 2.17. The molecule has 0 spiro atoms. The Morgan fingerprint density at radius 3 is 2.71 bits per heavy atom. The van der Waals surface area contributed by atoms with Crippen molar-refractivity contribution in [3.63, 3.8) is 0 Å². The third kappa shape index (κ3) is 1.81. The Morgan fingerprint density at radius 2 is 2.00 bits per heavy atom. The molecule has 0 amide bonds. The zero-order chi connectivity index (χ0) is 9.97. The summed E-state index contributed by atoms with van der Waals surface area (Å²) in [5, 5.41) is 0. The number of nitrogens with zero attached hydrogens (tertiary/aromatic N) is 1. The van der Waals surface area contributed by atoms with Crippen LogP contribution in [0, 0.1) is 0 Å². The van der Waals surface area contributed by atoms with Crippen LogP contribution < -0.4 is 0 Å². The normalized spacial score (nSPS) is 29.0. The molecule has 1 aliphatic rings. The quantitative estimate of drug-likeness (QED) is 0.674. The average molecular weight is 191 g/mol. The second-order valence-electron chi connectivity index (χ2n) is 3.92. The zero-order valence-electron chi connectivity index (χ0n) is 8.81. The van der Waals surface area contributed by atoms with Gasteiger partial charge in [-0.3, -0.25) is 4.90 Å². The van der Waals surface area contributed by atoms with Crippen LogP contribution in [0.3, 0.4) is 0 Å². The van der Waals surface area contributed by atoms with Gasteiger partial charge in [-0.25, -0.2) is 0 Å². The van der Waals surface area contributed by atoms with Crippen LogP contribution in [0.25, 0.3) is 0 Å². The summed E-state index contributed by atoms with van der Waals surface area (Å²) in [6.07, 6.45) is 0.231. The van der Waals surface area contributed by atoms with Gasteiger partial charge in [0.15, 0.2) is 0 Å². The number of benzene rings is 1. The van der Waals surface area contributed by atoms with E-state index in [1.165, 1.54) is 5.56 Å². The lowest BCUT2D eigenvalue weighted by atomic mass is 10.0. The molecule has 2 atom stereocenters. The van der Waals surface area contributed by atoms with Gasteiger partial charge >= 0.3 is 0 Å². The Hall–Kier alpha value is -0.860. The molecule has 1 aromatic carbocycles. The summed E-state index contributed by atoms with van der Waals surface area (Å²) in [6, 6.07) is 10.9. The number of likely N-dealkylation sites (N-methyl/N-ethyl adjacent to an activating group) is 1. The molecule has 14 heavy (non-hydrogen) atoms. The second-order valence-corrected chi connectivity index (χ2v) is 3.92. The maximum absolute atomic E-state index is 5.80. The lowest BCUT2D eigenvalue weighted by Gasteiger charge is -2.37. The van der Waals surface area contributed by atoms with Crippen LogP contribution in [-0.4, -0.2) is 31.1 Å². The Kier molecular flexibility index (Phi) is 2.85. The standard InChI is InChI=1S/C12H17NO/c1-10-12(14-9-8-13(10)2)11-6-4-3-5-7-11/h3-7,10,12H,8-9H2,1-2H3/t10-,12+/m1/s1. The molecule has 0 unspecified atom stereocenters. The first-order valence-corrected chi connectivity index (χ1v) is 5.16. The SMILES string of the molecule is C[C@@H]1[C@@H](c2ccccc2)OCCN1C. The highest BCUT2D eigenvalue weighted by atomic mass is 16.5. The van der Waals surface area contributed by atoms with Crippen molar-refractivity contribution in [1.29, 1.82) is 0 Å². The van der Waals surface area contributed by atoms with E-state index in [0.717, 1.165) is 13.2 Å². The average Bonchev–Trinajstić information content (AvgIpc) is 2.23. The van der Waals surface area contributed by atoms with Crippen molar-refractivity contribution in [2.45, 2.75) is 19.1 Å². The van der Waals surface area contributed by atoms with Gasteiger partial charge in [0.1, 0.15) is 0 Å². The van der Waals surface area contributed by atoms with Crippen molar-refractivity contribution in [3.05, 3.63) is 35.9 Å². The van der Waals surface area contributed by atoms with Gasteiger partial charge in [0, 0.05) is 12.6 Å². The fraction of sp³-hybridized carbons (Fsp3) is 0.500. The van der Waals surface area contributed by atoms with E-state index in [1.54, 1.807) is 0 Å². The smallest absolute Gasteiger partial charge is 0.0977 e.